The van der Waals surface area contributed by atoms with Gasteiger partial charge >= 0.3 is 6.09 Å². The highest BCUT2D eigenvalue weighted by Crippen LogP contribution is 2.38. The van der Waals surface area contributed by atoms with Gasteiger partial charge < -0.3 is 14.5 Å². The van der Waals surface area contributed by atoms with Crippen LogP contribution in [0.5, 0.6) is 0 Å². The van der Waals surface area contributed by atoms with Crippen molar-refractivity contribution >= 4 is 45.3 Å². The van der Waals surface area contributed by atoms with Crippen molar-refractivity contribution in [3.8, 4) is 11.1 Å². The van der Waals surface area contributed by atoms with E-state index in [9.17, 15) is 9.59 Å². The van der Waals surface area contributed by atoms with Gasteiger partial charge in [0.1, 0.15) is 16.2 Å². The molecule has 33 heavy (non-hydrogen) atoms. The van der Waals surface area contributed by atoms with E-state index in [0.717, 1.165) is 26.4 Å². The Morgan fingerprint density at radius 2 is 1.85 bits per heavy atom. The third-order valence-corrected chi connectivity index (χ3v) is 7.74. The molecule has 0 saturated carbocycles. The van der Waals surface area contributed by atoms with Crippen LogP contribution in [-0.4, -0.2) is 70.3 Å². The molecular weight excluding hydrogens is 456 g/mol. The fourth-order valence-corrected chi connectivity index (χ4v) is 5.75. The van der Waals surface area contributed by atoms with Gasteiger partial charge in [0.15, 0.2) is 0 Å². The van der Waals surface area contributed by atoms with E-state index in [0.29, 0.717) is 45.0 Å². The lowest BCUT2D eigenvalue weighted by molar-refractivity contribution is -0.132. The van der Waals surface area contributed by atoms with Crippen molar-refractivity contribution in [2.75, 3.05) is 38.5 Å². The maximum atomic E-state index is 12.7. The molecule has 0 aliphatic carbocycles. The van der Waals surface area contributed by atoms with Crippen LogP contribution >= 0.6 is 23.1 Å². The van der Waals surface area contributed by atoms with Crippen LogP contribution in [0.15, 0.2) is 34.9 Å². The van der Waals surface area contributed by atoms with Crippen molar-refractivity contribution in [3.63, 3.8) is 0 Å². The van der Waals surface area contributed by atoms with Gasteiger partial charge in [0.2, 0.25) is 5.91 Å². The highest BCUT2D eigenvalue weighted by Gasteiger charge is 2.24. The lowest BCUT2D eigenvalue weighted by atomic mass is 10.0. The third kappa shape index (κ3) is 5.30. The smallest absolute Gasteiger partial charge is 0.409 e. The number of piperazine rings is 1. The number of thiophene rings is 1. The van der Waals surface area contributed by atoms with E-state index >= 15 is 0 Å². The Bertz CT molecular complexity index is 1160. The quantitative estimate of drug-likeness (QED) is 0.371. The molecule has 174 valence electrons. The molecule has 4 rings (SSSR count). The summed E-state index contributed by atoms with van der Waals surface area (Å²) in [4.78, 5) is 38.0. The van der Waals surface area contributed by atoms with Gasteiger partial charge in [0, 0.05) is 49.3 Å². The van der Waals surface area contributed by atoms with Gasteiger partial charge in [-0.15, -0.1) is 23.1 Å². The number of amides is 2. The van der Waals surface area contributed by atoms with Gasteiger partial charge in [-0.3, -0.25) is 4.79 Å². The number of carbonyl (C=O) groups excluding carboxylic acids is 2. The van der Waals surface area contributed by atoms with Crippen LogP contribution in [0.25, 0.3) is 21.3 Å². The van der Waals surface area contributed by atoms with Crippen molar-refractivity contribution in [2.45, 2.75) is 32.2 Å². The highest BCUT2D eigenvalue weighted by atomic mass is 32.2. The van der Waals surface area contributed by atoms with Crippen molar-refractivity contribution < 1.29 is 14.3 Å². The number of ether oxygens (including phenoxy) is 1. The fourth-order valence-electron chi connectivity index (χ4n) is 3.82. The Balaban J connectivity index is 1.39. The standard InChI is InChI=1S/C24H28N4O3S2/c1-4-31-24(30)28-10-8-27(9-11-28)20(29)7-12-32-22-21-19(14-33-23(21)26-15-25-22)18-6-5-16(2)17(3)13-18/h5-6,13-15H,4,7-12H2,1-3H3. The second-order valence-electron chi connectivity index (χ2n) is 7.97. The van der Waals surface area contributed by atoms with Gasteiger partial charge in [0.25, 0.3) is 0 Å². The van der Waals surface area contributed by atoms with Gasteiger partial charge in [-0.2, -0.15) is 0 Å². The molecule has 0 N–H and O–H groups in total. The van der Waals surface area contributed by atoms with Crippen LogP contribution in [0.1, 0.15) is 24.5 Å². The number of nitrogens with zero attached hydrogens (tertiary/aromatic N) is 4. The van der Waals surface area contributed by atoms with Crippen molar-refractivity contribution in [3.05, 3.63) is 41.0 Å². The summed E-state index contributed by atoms with van der Waals surface area (Å²) in [5, 5.41) is 4.11. The second-order valence-corrected chi connectivity index (χ2v) is 9.91. The Labute approximate surface area is 202 Å². The molecule has 1 aliphatic rings. The summed E-state index contributed by atoms with van der Waals surface area (Å²) in [6.07, 6.45) is 1.73. The number of hydrogen-bond acceptors (Lipinski definition) is 7. The topological polar surface area (TPSA) is 75.6 Å². The molecule has 3 heterocycles. The van der Waals surface area contributed by atoms with Crippen molar-refractivity contribution in [2.24, 2.45) is 0 Å². The van der Waals surface area contributed by atoms with Crippen LogP contribution in [0.2, 0.25) is 0 Å². The molecule has 0 spiro atoms. The number of benzene rings is 1. The number of hydrogen-bond donors (Lipinski definition) is 0. The summed E-state index contributed by atoms with van der Waals surface area (Å²) in [5.74, 6) is 0.752. The largest absolute Gasteiger partial charge is 0.450 e. The number of carbonyl (C=O) groups is 2. The predicted molar refractivity (Wildman–Crippen MR) is 133 cm³/mol. The molecule has 0 unspecified atom stereocenters. The molecule has 1 aliphatic heterocycles. The van der Waals surface area contributed by atoms with Crippen LogP contribution in [0.4, 0.5) is 4.79 Å². The van der Waals surface area contributed by atoms with Crippen LogP contribution in [-0.2, 0) is 9.53 Å². The maximum Gasteiger partial charge on any atom is 0.409 e. The molecule has 2 amide bonds. The summed E-state index contributed by atoms with van der Waals surface area (Å²) >= 11 is 3.22. The fraction of sp³-hybridized carbons (Fsp3) is 0.417. The van der Waals surface area contributed by atoms with E-state index < -0.39 is 0 Å². The minimum Gasteiger partial charge on any atom is -0.450 e. The Morgan fingerprint density at radius 3 is 2.58 bits per heavy atom. The average Bonchev–Trinajstić information content (AvgIpc) is 3.26. The monoisotopic (exact) mass is 484 g/mol. The average molecular weight is 485 g/mol. The summed E-state index contributed by atoms with van der Waals surface area (Å²) in [7, 11) is 0. The normalized spacial score (nSPS) is 14.0. The van der Waals surface area contributed by atoms with E-state index in [4.69, 9.17) is 4.74 Å². The molecule has 2 aromatic heterocycles. The molecule has 1 aromatic carbocycles. The van der Waals surface area contributed by atoms with E-state index in [1.165, 1.54) is 11.1 Å². The van der Waals surface area contributed by atoms with E-state index in [-0.39, 0.29) is 12.0 Å². The summed E-state index contributed by atoms with van der Waals surface area (Å²) in [5.41, 5.74) is 4.83. The summed E-state index contributed by atoms with van der Waals surface area (Å²) in [6.45, 7) is 8.50. The highest BCUT2D eigenvalue weighted by molar-refractivity contribution is 7.99. The first kappa shape index (κ1) is 23.5. The van der Waals surface area contributed by atoms with Crippen molar-refractivity contribution in [1.82, 2.24) is 19.8 Å². The zero-order chi connectivity index (χ0) is 23.4. The molecule has 9 heteroatoms. The van der Waals surface area contributed by atoms with Crippen LogP contribution < -0.4 is 0 Å². The number of aryl methyl sites for hydroxylation is 2. The zero-order valence-corrected chi connectivity index (χ0v) is 20.8. The van der Waals surface area contributed by atoms with E-state index in [1.807, 2.05) is 4.90 Å². The molecule has 0 bridgehead atoms. The van der Waals surface area contributed by atoms with Gasteiger partial charge in [-0.05, 0) is 37.5 Å². The van der Waals surface area contributed by atoms with Crippen molar-refractivity contribution in [1.29, 1.82) is 0 Å². The molecule has 0 radical (unpaired) electrons. The number of rotatable bonds is 6. The lowest BCUT2D eigenvalue weighted by Crippen LogP contribution is -2.50. The lowest BCUT2D eigenvalue weighted by Gasteiger charge is -2.34. The number of thioether (sulfide) groups is 1. The first-order valence-electron chi connectivity index (χ1n) is 11.1. The SMILES string of the molecule is CCOC(=O)N1CCN(C(=O)CCSc2ncnc3scc(-c4ccc(C)c(C)c4)c23)CC1. The van der Waals surface area contributed by atoms with Gasteiger partial charge in [0.05, 0.1) is 12.0 Å². The van der Waals surface area contributed by atoms with Crippen LogP contribution in [0.3, 0.4) is 0 Å². The predicted octanol–water partition coefficient (Wildman–Crippen LogP) is 4.76. The van der Waals surface area contributed by atoms with E-state index in [2.05, 4.69) is 47.4 Å². The molecule has 7 nitrogen and oxygen atoms in total. The minimum atomic E-state index is -0.303. The molecule has 3 aromatic rings. The molecule has 1 fully saturated rings. The molecule has 1 saturated heterocycles. The Morgan fingerprint density at radius 1 is 1.09 bits per heavy atom. The summed E-state index contributed by atoms with van der Waals surface area (Å²) in [6, 6.07) is 6.49. The first-order chi connectivity index (χ1) is 16.0. The van der Waals surface area contributed by atoms with Crippen LogP contribution in [0, 0.1) is 13.8 Å². The zero-order valence-electron chi connectivity index (χ0n) is 19.2. The maximum absolute atomic E-state index is 12.7. The number of aromatic nitrogens is 2. The molecular formula is C24H28N4O3S2. The van der Waals surface area contributed by atoms with E-state index in [1.54, 1.807) is 41.2 Å². The Kier molecular flexibility index (Phi) is 7.49. The van der Waals surface area contributed by atoms with Gasteiger partial charge in [-0.25, -0.2) is 14.8 Å². The minimum absolute atomic E-state index is 0.107. The molecule has 0 atom stereocenters. The second kappa shape index (κ2) is 10.5. The summed E-state index contributed by atoms with van der Waals surface area (Å²) < 4.78 is 5.04. The first-order valence-corrected chi connectivity index (χ1v) is 13.0. The Hall–Kier alpha value is -2.65. The van der Waals surface area contributed by atoms with Gasteiger partial charge in [-0.1, -0.05) is 18.2 Å². The number of fused-ring (bicyclic) bond motifs is 1. The third-order valence-electron chi connectivity index (χ3n) is 5.87.